The molecule has 2 aromatic carbocycles. The fraction of sp³-hybridized carbons (Fsp3) is 0.429. The van der Waals surface area contributed by atoms with Gasteiger partial charge in [-0.1, -0.05) is 30.3 Å². The minimum Gasteiger partial charge on any atom is -0.491 e. The summed E-state index contributed by atoms with van der Waals surface area (Å²) in [6.07, 6.45) is 2.95. The zero-order chi connectivity index (χ0) is 25.3. The first-order valence-electron chi connectivity index (χ1n) is 12.5. The van der Waals surface area contributed by atoms with Gasteiger partial charge in [0, 0.05) is 24.5 Å². The molecule has 1 unspecified atom stereocenters. The second-order valence-electron chi connectivity index (χ2n) is 9.63. The van der Waals surface area contributed by atoms with Crippen molar-refractivity contribution in [1.29, 1.82) is 0 Å². The first-order valence-corrected chi connectivity index (χ1v) is 12.5. The Morgan fingerprint density at radius 1 is 1.06 bits per heavy atom. The summed E-state index contributed by atoms with van der Waals surface area (Å²) in [6, 6.07) is 12.6. The summed E-state index contributed by atoms with van der Waals surface area (Å²) in [6.45, 7) is 3.19. The van der Waals surface area contributed by atoms with E-state index in [4.69, 9.17) is 13.9 Å². The van der Waals surface area contributed by atoms with Crippen LogP contribution in [-0.2, 0) is 16.0 Å². The number of para-hydroxylation sites is 2. The van der Waals surface area contributed by atoms with Gasteiger partial charge >= 0.3 is 0 Å². The number of aryl methyl sites for hydroxylation is 2. The molecule has 8 heteroatoms. The van der Waals surface area contributed by atoms with Gasteiger partial charge in [-0.3, -0.25) is 9.59 Å². The van der Waals surface area contributed by atoms with Crippen LogP contribution < -0.4 is 4.74 Å². The molecule has 1 fully saturated rings. The van der Waals surface area contributed by atoms with Gasteiger partial charge in [0.25, 0.3) is 11.8 Å². The van der Waals surface area contributed by atoms with Crippen molar-refractivity contribution in [2.24, 2.45) is 0 Å². The fourth-order valence-corrected chi connectivity index (χ4v) is 5.22. The average molecular weight is 495 g/mol. The molecule has 190 valence electrons. The molecule has 2 aliphatic rings. The summed E-state index contributed by atoms with van der Waals surface area (Å²) in [5, 5.41) is 0.573. The van der Waals surface area contributed by atoms with Crippen LogP contribution in [-0.4, -0.2) is 67.1 Å². The van der Waals surface area contributed by atoms with Crippen LogP contribution in [0.5, 0.6) is 5.75 Å². The number of carbonyl (C=O) groups is 2. The van der Waals surface area contributed by atoms with Crippen LogP contribution in [0.2, 0.25) is 0 Å². The Morgan fingerprint density at radius 2 is 1.89 bits per heavy atom. The number of ether oxygens (including phenoxy) is 2. The fourth-order valence-electron chi connectivity index (χ4n) is 5.22. The van der Waals surface area contributed by atoms with E-state index < -0.39 is 11.4 Å². The summed E-state index contributed by atoms with van der Waals surface area (Å²) in [5.74, 6) is -0.0643. The summed E-state index contributed by atoms with van der Waals surface area (Å²) in [5.41, 5.74) is 0.665. The van der Waals surface area contributed by atoms with Crippen molar-refractivity contribution in [2.45, 2.75) is 38.2 Å². The molecule has 2 aliphatic heterocycles. The number of nitrogens with zero attached hydrogens (tertiary/aromatic N) is 2. The predicted octanol–water partition coefficient (Wildman–Crippen LogP) is 4.36. The highest BCUT2D eigenvalue weighted by Gasteiger charge is 2.46. The van der Waals surface area contributed by atoms with Crippen LogP contribution in [0, 0.1) is 12.7 Å². The third kappa shape index (κ3) is 4.46. The van der Waals surface area contributed by atoms with E-state index in [0.29, 0.717) is 37.1 Å². The van der Waals surface area contributed by atoms with Crippen molar-refractivity contribution >= 4 is 22.8 Å². The molecular weight excluding hydrogens is 463 g/mol. The lowest BCUT2D eigenvalue weighted by Gasteiger charge is -2.43. The lowest BCUT2D eigenvalue weighted by molar-refractivity contribution is -0.169. The molecule has 0 saturated carbocycles. The first kappa shape index (κ1) is 24.3. The van der Waals surface area contributed by atoms with E-state index in [2.05, 4.69) is 6.07 Å². The number of benzene rings is 2. The maximum absolute atomic E-state index is 14.3. The average Bonchev–Trinajstić information content (AvgIpc) is 3.23. The minimum atomic E-state index is -1.15. The van der Waals surface area contributed by atoms with Gasteiger partial charge < -0.3 is 23.7 Å². The van der Waals surface area contributed by atoms with Gasteiger partial charge in [-0.05, 0) is 50.3 Å². The van der Waals surface area contributed by atoms with E-state index in [-0.39, 0.29) is 36.3 Å². The van der Waals surface area contributed by atoms with E-state index in [1.165, 1.54) is 6.07 Å². The van der Waals surface area contributed by atoms with Crippen molar-refractivity contribution in [3.63, 3.8) is 0 Å². The minimum absolute atomic E-state index is 0.0726. The number of rotatable bonds is 1. The van der Waals surface area contributed by atoms with Crippen LogP contribution in [0.4, 0.5) is 4.39 Å². The summed E-state index contributed by atoms with van der Waals surface area (Å²) in [4.78, 5) is 30.4. The molecule has 3 heterocycles. The second kappa shape index (κ2) is 9.93. The topological polar surface area (TPSA) is 72.2 Å². The SMILES string of the molecule is Cc1c(C(=O)N2CCOC3(CCCCc4ccccc4OCCN(C)C3=O)C2)oc2c(F)cccc12. The van der Waals surface area contributed by atoms with Gasteiger partial charge in [0.05, 0.1) is 19.7 Å². The Bertz CT molecular complexity index is 1290. The Kier molecular flexibility index (Phi) is 6.71. The summed E-state index contributed by atoms with van der Waals surface area (Å²) in [7, 11) is 1.74. The van der Waals surface area contributed by atoms with Crippen molar-refractivity contribution in [3.05, 3.63) is 65.2 Å². The second-order valence-corrected chi connectivity index (χ2v) is 9.63. The standard InChI is InChI=1S/C28H31FN2O5/c1-19-21-10-7-11-22(29)25(21)36-24(19)26(32)31-15-17-35-28(18-31)13-6-5-9-20-8-3-4-12-23(20)34-16-14-30(2)27(28)33/h3-4,7-8,10-12H,5-6,9,13-18H2,1-2H3. The molecule has 36 heavy (non-hydrogen) atoms. The Hall–Kier alpha value is -3.39. The lowest BCUT2D eigenvalue weighted by atomic mass is 9.91. The number of hydrogen-bond acceptors (Lipinski definition) is 5. The lowest BCUT2D eigenvalue weighted by Crippen LogP contribution is -2.61. The van der Waals surface area contributed by atoms with Gasteiger partial charge in [0.2, 0.25) is 0 Å². The van der Waals surface area contributed by atoms with Crippen molar-refractivity contribution in [1.82, 2.24) is 9.80 Å². The molecule has 0 aliphatic carbocycles. The molecule has 2 amide bonds. The summed E-state index contributed by atoms with van der Waals surface area (Å²) < 4.78 is 32.1. The quantitative estimate of drug-likeness (QED) is 0.503. The van der Waals surface area contributed by atoms with Crippen molar-refractivity contribution in [2.75, 3.05) is 39.9 Å². The number of fused-ring (bicyclic) bond motifs is 2. The largest absolute Gasteiger partial charge is 0.491 e. The van der Waals surface area contributed by atoms with Gasteiger partial charge in [0.1, 0.15) is 12.4 Å². The molecule has 1 saturated heterocycles. The monoisotopic (exact) mass is 494 g/mol. The van der Waals surface area contributed by atoms with E-state index >= 15 is 0 Å². The number of amides is 2. The van der Waals surface area contributed by atoms with Crippen LogP contribution in [0.1, 0.15) is 40.9 Å². The Labute approximate surface area is 209 Å². The molecule has 0 N–H and O–H groups in total. The molecule has 1 aromatic heterocycles. The molecule has 0 radical (unpaired) electrons. The molecule has 7 nitrogen and oxygen atoms in total. The van der Waals surface area contributed by atoms with E-state index in [1.807, 2.05) is 18.2 Å². The maximum Gasteiger partial charge on any atom is 0.290 e. The molecule has 1 spiro atoms. The van der Waals surface area contributed by atoms with Crippen molar-refractivity contribution < 1.29 is 27.9 Å². The number of carbonyl (C=O) groups excluding carboxylic acids is 2. The van der Waals surface area contributed by atoms with E-state index in [1.54, 1.807) is 35.9 Å². The Morgan fingerprint density at radius 3 is 2.72 bits per heavy atom. The third-order valence-electron chi connectivity index (χ3n) is 7.25. The first-order chi connectivity index (χ1) is 17.4. The number of furan rings is 1. The maximum atomic E-state index is 14.3. The van der Waals surface area contributed by atoms with Gasteiger partial charge in [0.15, 0.2) is 22.8 Å². The number of likely N-dealkylation sites (N-methyl/N-ethyl adjacent to an activating group) is 1. The zero-order valence-electron chi connectivity index (χ0n) is 20.7. The van der Waals surface area contributed by atoms with E-state index in [9.17, 15) is 14.0 Å². The van der Waals surface area contributed by atoms with Crippen molar-refractivity contribution in [3.8, 4) is 5.75 Å². The van der Waals surface area contributed by atoms with Crippen LogP contribution in [0.15, 0.2) is 46.9 Å². The number of morpholine rings is 1. The normalized spacial score (nSPS) is 21.6. The molecule has 1 atom stereocenters. The van der Waals surface area contributed by atoms with Gasteiger partial charge in [-0.25, -0.2) is 4.39 Å². The van der Waals surface area contributed by atoms with Crippen LogP contribution in [0.3, 0.4) is 0 Å². The van der Waals surface area contributed by atoms with Crippen LogP contribution >= 0.6 is 0 Å². The Balaban J connectivity index is 1.39. The highest BCUT2D eigenvalue weighted by atomic mass is 19.1. The van der Waals surface area contributed by atoms with Crippen LogP contribution in [0.25, 0.3) is 11.0 Å². The number of hydrogen-bond donors (Lipinski definition) is 0. The smallest absolute Gasteiger partial charge is 0.290 e. The van der Waals surface area contributed by atoms with Gasteiger partial charge in [-0.15, -0.1) is 0 Å². The molecule has 3 aromatic rings. The number of halogens is 1. The highest BCUT2D eigenvalue weighted by Crippen LogP contribution is 2.32. The zero-order valence-corrected chi connectivity index (χ0v) is 20.7. The third-order valence-corrected chi connectivity index (χ3v) is 7.25. The van der Waals surface area contributed by atoms with E-state index in [0.717, 1.165) is 30.6 Å². The molecule has 5 rings (SSSR count). The van der Waals surface area contributed by atoms with Gasteiger partial charge in [-0.2, -0.15) is 0 Å². The summed E-state index contributed by atoms with van der Waals surface area (Å²) >= 11 is 0. The highest BCUT2D eigenvalue weighted by molar-refractivity contribution is 5.99. The molecule has 0 bridgehead atoms. The predicted molar refractivity (Wildman–Crippen MR) is 133 cm³/mol. The molecular formula is C28H31FN2O5.